The van der Waals surface area contributed by atoms with Crippen LogP contribution in [0.5, 0.6) is 0 Å². The lowest BCUT2D eigenvalue weighted by atomic mass is 10.1. The van der Waals surface area contributed by atoms with Crippen LogP contribution in [0.1, 0.15) is 53.9 Å². The standard InChI is InChI=1S/C16H17N5O3/c22-15(13-11-6-3-8-17-14(11)21-23-13)18-9-7-12-19-16(24-20-12)10-4-1-2-5-10/h3,6,8,10H,1-2,4-5,7,9H2,(H,18,22). The monoisotopic (exact) mass is 327 g/mol. The first-order chi connectivity index (χ1) is 11.8. The summed E-state index contributed by atoms with van der Waals surface area (Å²) in [5.41, 5.74) is 0.419. The van der Waals surface area contributed by atoms with Gasteiger partial charge in [-0.15, -0.1) is 0 Å². The van der Waals surface area contributed by atoms with E-state index in [0.29, 0.717) is 35.7 Å². The molecule has 0 bridgehead atoms. The Morgan fingerprint density at radius 3 is 3.00 bits per heavy atom. The van der Waals surface area contributed by atoms with Crippen LogP contribution in [0, 0.1) is 0 Å². The van der Waals surface area contributed by atoms with Gasteiger partial charge in [-0.05, 0) is 25.0 Å². The first kappa shape index (κ1) is 14.8. The van der Waals surface area contributed by atoms with E-state index in [4.69, 9.17) is 9.05 Å². The molecule has 24 heavy (non-hydrogen) atoms. The van der Waals surface area contributed by atoms with Gasteiger partial charge in [-0.1, -0.05) is 23.2 Å². The number of hydrogen-bond donors (Lipinski definition) is 1. The van der Waals surface area contributed by atoms with Crippen molar-refractivity contribution in [2.24, 2.45) is 0 Å². The van der Waals surface area contributed by atoms with Crippen LogP contribution >= 0.6 is 0 Å². The molecule has 0 radical (unpaired) electrons. The molecule has 0 atom stereocenters. The second-order valence-electron chi connectivity index (χ2n) is 5.92. The fourth-order valence-electron chi connectivity index (χ4n) is 3.02. The lowest BCUT2D eigenvalue weighted by molar-refractivity contribution is 0.0919. The summed E-state index contributed by atoms with van der Waals surface area (Å²) >= 11 is 0. The maximum Gasteiger partial charge on any atom is 0.290 e. The Bertz CT molecular complexity index is 850. The SMILES string of the molecule is O=C(NCCc1noc(C2CCCC2)n1)c1onc2ncccc12. The lowest BCUT2D eigenvalue weighted by Gasteiger charge is -2.00. The number of nitrogens with zero attached hydrogens (tertiary/aromatic N) is 4. The van der Waals surface area contributed by atoms with Crippen LogP contribution in [0.15, 0.2) is 27.4 Å². The number of hydrogen-bond acceptors (Lipinski definition) is 7. The minimum atomic E-state index is -0.329. The molecular formula is C16H17N5O3. The van der Waals surface area contributed by atoms with E-state index in [2.05, 4.69) is 25.6 Å². The number of fused-ring (bicyclic) bond motifs is 1. The topological polar surface area (TPSA) is 107 Å². The van der Waals surface area contributed by atoms with Crippen molar-refractivity contribution in [3.8, 4) is 0 Å². The van der Waals surface area contributed by atoms with Crippen molar-refractivity contribution in [1.29, 1.82) is 0 Å². The van der Waals surface area contributed by atoms with Gasteiger partial charge in [-0.3, -0.25) is 4.79 Å². The van der Waals surface area contributed by atoms with Crippen molar-refractivity contribution in [3.63, 3.8) is 0 Å². The van der Waals surface area contributed by atoms with E-state index in [1.54, 1.807) is 18.3 Å². The minimum Gasteiger partial charge on any atom is -0.349 e. The molecule has 0 spiro atoms. The molecular weight excluding hydrogens is 310 g/mol. The van der Waals surface area contributed by atoms with Crippen molar-refractivity contribution in [2.75, 3.05) is 6.54 Å². The van der Waals surface area contributed by atoms with Gasteiger partial charge < -0.3 is 14.4 Å². The third-order valence-electron chi connectivity index (χ3n) is 4.28. The van der Waals surface area contributed by atoms with Crippen LogP contribution < -0.4 is 5.32 Å². The number of carbonyl (C=O) groups excluding carboxylic acids is 1. The summed E-state index contributed by atoms with van der Waals surface area (Å²) in [5.74, 6) is 1.57. The zero-order valence-corrected chi connectivity index (χ0v) is 13.1. The van der Waals surface area contributed by atoms with E-state index in [1.807, 2.05) is 0 Å². The largest absolute Gasteiger partial charge is 0.349 e. The average molecular weight is 327 g/mol. The summed E-state index contributed by atoms with van der Waals surface area (Å²) in [4.78, 5) is 20.6. The second-order valence-corrected chi connectivity index (χ2v) is 5.92. The second kappa shape index (κ2) is 6.38. The third kappa shape index (κ3) is 2.86. The highest BCUT2D eigenvalue weighted by Crippen LogP contribution is 2.32. The molecule has 1 aliphatic carbocycles. The van der Waals surface area contributed by atoms with Crippen molar-refractivity contribution < 1.29 is 13.8 Å². The summed E-state index contributed by atoms with van der Waals surface area (Å²) < 4.78 is 10.4. The van der Waals surface area contributed by atoms with Crippen molar-refractivity contribution in [2.45, 2.75) is 38.0 Å². The molecule has 0 aliphatic heterocycles. The Hall–Kier alpha value is -2.77. The Kier molecular flexibility index (Phi) is 3.94. The zero-order valence-electron chi connectivity index (χ0n) is 13.1. The molecule has 124 valence electrons. The maximum absolute atomic E-state index is 12.2. The van der Waals surface area contributed by atoms with Gasteiger partial charge in [0.05, 0.1) is 5.39 Å². The highest BCUT2D eigenvalue weighted by Gasteiger charge is 2.23. The number of carbonyl (C=O) groups is 1. The smallest absolute Gasteiger partial charge is 0.290 e. The van der Waals surface area contributed by atoms with Gasteiger partial charge >= 0.3 is 0 Å². The molecule has 0 saturated heterocycles. The van der Waals surface area contributed by atoms with E-state index < -0.39 is 0 Å². The zero-order chi connectivity index (χ0) is 16.4. The Labute approximate surface area is 137 Å². The number of pyridine rings is 1. The predicted molar refractivity (Wildman–Crippen MR) is 83.3 cm³/mol. The van der Waals surface area contributed by atoms with Crippen LogP contribution in [0.3, 0.4) is 0 Å². The lowest BCUT2D eigenvalue weighted by Crippen LogP contribution is -2.25. The fraction of sp³-hybridized carbons (Fsp3) is 0.438. The van der Waals surface area contributed by atoms with E-state index in [-0.39, 0.29) is 11.7 Å². The molecule has 3 aromatic rings. The van der Waals surface area contributed by atoms with Gasteiger partial charge in [0.1, 0.15) is 0 Å². The molecule has 8 nitrogen and oxygen atoms in total. The van der Waals surface area contributed by atoms with E-state index in [1.165, 1.54) is 12.8 Å². The fourth-order valence-corrected chi connectivity index (χ4v) is 3.02. The first-order valence-corrected chi connectivity index (χ1v) is 8.12. The highest BCUT2D eigenvalue weighted by atomic mass is 16.5. The number of nitrogens with one attached hydrogen (secondary N) is 1. The maximum atomic E-state index is 12.2. The van der Waals surface area contributed by atoms with Gasteiger partial charge in [0.15, 0.2) is 5.82 Å². The quantitative estimate of drug-likeness (QED) is 0.765. The highest BCUT2D eigenvalue weighted by molar-refractivity contribution is 6.02. The summed E-state index contributed by atoms with van der Waals surface area (Å²) in [6.07, 6.45) is 6.78. The molecule has 1 aliphatic rings. The van der Waals surface area contributed by atoms with E-state index in [0.717, 1.165) is 18.7 Å². The Morgan fingerprint density at radius 2 is 2.12 bits per heavy atom. The summed E-state index contributed by atoms with van der Waals surface area (Å²) in [7, 11) is 0. The summed E-state index contributed by atoms with van der Waals surface area (Å²) in [6, 6.07) is 3.49. The molecule has 1 fully saturated rings. The molecule has 3 aromatic heterocycles. The van der Waals surface area contributed by atoms with E-state index in [9.17, 15) is 4.79 Å². The predicted octanol–water partition coefficient (Wildman–Crippen LogP) is 2.24. The first-order valence-electron chi connectivity index (χ1n) is 8.12. The molecule has 0 aromatic carbocycles. The number of amides is 1. The van der Waals surface area contributed by atoms with Gasteiger partial charge in [0.2, 0.25) is 17.3 Å². The molecule has 0 unspecified atom stereocenters. The van der Waals surface area contributed by atoms with Crippen LogP contribution in [-0.2, 0) is 6.42 Å². The molecule has 4 rings (SSSR count). The van der Waals surface area contributed by atoms with Crippen LogP contribution in [-0.4, -0.2) is 32.7 Å². The van der Waals surface area contributed by atoms with Crippen LogP contribution in [0.25, 0.3) is 11.0 Å². The third-order valence-corrected chi connectivity index (χ3v) is 4.28. The molecule has 1 amide bonds. The van der Waals surface area contributed by atoms with Crippen LogP contribution in [0.2, 0.25) is 0 Å². The Balaban J connectivity index is 1.34. The molecule has 1 saturated carbocycles. The number of rotatable bonds is 5. The van der Waals surface area contributed by atoms with Crippen molar-refractivity contribution in [1.82, 2.24) is 25.6 Å². The minimum absolute atomic E-state index is 0.165. The van der Waals surface area contributed by atoms with E-state index >= 15 is 0 Å². The number of aromatic nitrogens is 4. The normalized spacial score (nSPS) is 15.2. The van der Waals surface area contributed by atoms with Crippen molar-refractivity contribution >= 4 is 16.9 Å². The van der Waals surface area contributed by atoms with Crippen LogP contribution in [0.4, 0.5) is 0 Å². The molecule has 3 heterocycles. The van der Waals surface area contributed by atoms with Crippen molar-refractivity contribution in [3.05, 3.63) is 35.8 Å². The van der Waals surface area contributed by atoms with Gasteiger partial charge in [0.25, 0.3) is 5.91 Å². The van der Waals surface area contributed by atoms with Gasteiger partial charge in [-0.25, -0.2) is 4.98 Å². The molecule has 1 N–H and O–H groups in total. The van der Waals surface area contributed by atoms with Gasteiger partial charge in [-0.2, -0.15) is 4.98 Å². The average Bonchev–Trinajstić information content (AvgIpc) is 3.34. The summed E-state index contributed by atoms with van der Waals surface area (Å²) in [6.45, 7) is 0.394. The Morgan fingerprint density at radius 1 is 1.25 bits per heavy atom. The summed E-state index contributed by atoms with van der Waals surface area (Å²) in [5, 5.41) is 11.1. The molecule has 8 heteroatoms. The van der Waals surface area contributed by atoms with Gasteiger partial charge in [0, 0.05) is 25.1 Å².